The van der Waals surface area contributed by atoms with Gasteiger partial charge in [-0.2, -0.15) is 0 Å². The maximum absolute atomic E-state index is 13.5. The molecular formula is C23H21N3O4S. The van der Waals surface area contributed by atoms with E-state index in [2.05, 4.69) is 9.97 Å². The van der Waals surface area contributed by atoms with E-state index in [1.807, 2.05) is 13.8 Å². The molecule has 8 heteroatoms. The lowest BCUT2D eigenvalue weighted by molar-refractivity contribution is -0.117. The van der Waals surface area contributed by atoms with Crippen LogP contribution in [0.4, 0.5) is 5.69 Å². The number of ether oxygens (including phenoxy) is 1. The first-order valence-corrected chi connectivity index (χ1v) is 10.6. The van der Waals surface area contributed by atoms with E-state index in [0.717, 1.165) is 5.01 Å². The number of aromatic nitrogens is 2. The van der Waals surface area contributed by atoms with Crippen LogP contribution in [-0.4, -0.2) is 33.4 Å². The molecular weight excluding hydrogens is 414 g/mol. The summed E-state index contributed by atoms with van der Waals surface area (Å²) in [5.74, 6) is -1.03. The largest absolute Gasteiger partial charge is 0.503 e. The van der Waals surface area contributed by atoms with Crippen molar-refractivity contribution in [2.75, 3.05) is 11.5 Å². The molecule has 31 heavy (non-hydrogen) atoms. The molecule has 0 radical (unpaired) electrons. The summed E-state index contributed by atoms with van der Waals surface area (Å²) in [6.45, 7) is 5.90. The molecule has 0 fully saturated rings. The first-order chi connectivity index (χ1) is 14.9. The number of thiazole rings is 1. The molecule has 0 saturated heterocycles. The predicted octanol–water partition coefficient (Wildman–Crippen LogP) is 4.34. The first kappa shape index (κ1) is 20.7. The van der Waals surface area contributed by atoms with E-state index in [0.29, 0.717) is 34.2 Å². The summed E-state index contributed by atoms with van der Waals surface area (Å²) in [5.41, 5.74) is 1.72. The van der Waals surface area contributed by atoms with Crippen LogP contribution in [0, 0.1) is 13.8 Å². The second-order valence-corrected chi connectivity index (χ2v) is 8.24. The van der Waals surface area contributed by atoms with Crippen LogP contribution >= 0.6 is 11.3 Å². The Hall–Kier alpha value is -3.52. The molecule has 1 N–H and O–H groups in total. The minimum Gasteiger partial charge on any atom is -0.503 e. The summed E-state index contributed by atoms with van der Waals surface area (Å²) in [6, 6.07) is 9.69. The highest BCUT2D eigenvalue weighted by Crippen LogP contribution is 2.43. The minimum absolute atomic E-state index is 0.0200. The highest BCUT2D eigenvalue weighted by atomic mass is 32.1. The standard InChI is InChI=1S/C23H21N3O4S/c1-4-30-17-9-5-8-16(11-17)26-19(15-7-6-10-24-12-15)18(21(28)23(26)29)20(27)22-13(2)25-14(3)31-22/h5-12,19,28H,4H2,1-3H3. The van der Waals surface area contributed by atoms with Gasteiger partial charge in [-0.1, -0.05) is 12.1 Å². The molecule has 3 aromatic rings. The number of aliphatic hydroxyl groups excluding tert-OH is 1. The average Bonchev–Trinajstić information content (AvgIpc) is 3.24. The average molecular weight is 436 g/mol. The summed E-state index contributed by atoms with van der Waals surface area (Å²) >= 11 is 1.24. The van der Waals surface area contributed by atoms with Gasteiger partial charge in [-0.25, -0.2) is 4.98 Å². The number of nitrogens with zero attached hydrogens (tertiary/aromatic N) is 3. The van der Waals surface area contributed by atoms with Gasteiger partial charge in [0.05, 0.1) is 33.8 Å². The summed E-state index contributed by atoms with van der Waals surface area (Å²) in [7, 11) is 0. The van der Waals surface area contributed by atoms with Crippen LogP contribution in [0.25, 0.3) is 0 Å². The third-order valence-electron chi connectivity index (χ3n) is 4.97. The molecule has 1 atom stereocenters. The monoisotopic (exact) mass is 435 g/mol. The van der Waals surface area contributed by atoms with E-state index in [-0.39, 0.29) is 5.57 Å². The zero-order valence-corrected chi connectivity index (χ0v) is 18.1. The summed E-state index contributed by atoms with van der Waals surface area (Å²) in [5, 5.41) is 11.6. The molecule has 0 aliphatic carbocycles. The second-order valence-electron chi connectivity index (χ2n) is 7.03. The molecule has 1 aromatic carbocycles. The number of benzene rings is 1. The van der Waals surface area contributed by atoms with Gasteiger partial charge in [0.25, 0.3) is 5.91 Å². The van der Waals surface area contributed by atoms with Crippen molar-refractivity contribution in [1.82, 2.24) is 9.97 Å². The topological polar surface area (TPSA) is 92.6 Å². The quantitative estimate of drug-likeness (QED) is 0.579. The van der Waals surface area contributed by atoms with Crippen LogP contribution in [-0.2, 0) is 4.79 Å². The Bertz CT molecular complexity index is 1190. The van der Waals surface area contributed by atoms with Gasteiger partial charge in [0.2, 0.25) is 5.78 Å². The van der Waals surface area contributed by atoms with Crippen LogP contribution in [0.3, 0.4) is 0 Å². The number of Topliss-reactive ketones (excluding diaryl/α,β-unsaturated/α-hetero) is 1. The molecule has 158 valence electrons. The number of aliphatic hydroxyl groups is 1. The maximum atomic E-state index is 13.5. The van der Waals surface area contributed by atoms with Crippen molar-refractivity contribution >= 4 is 28.7 Å². The van der Waals surface area contributed by atoms with E-state index in [1.54, 1.807) is 55.7 Å². The van der Waals surface area contributed by atoms with Crippen molar-refractivity contribution in [3.63, 3.8) is 0 Å². The van der Waals surface area contributed by atoms with Gasteiger partial charge < -0.3 is 9.84 Å². The number of aryl methyl sites for hydroxylation is 2. The number of hydrogen-bond acceptors (Lipinski definition) is 7. The fourth-order valence-corrected chi connectivity index (χ4v) is 4.58. The zero-order chi connectivity index (χ0) is 22.1. The maximum Gasteiger partial charge on any atom is 0.294 e. The van der Waals surface area contributed by atoms with Gasteiger partial charge in [-0.05, 0) is 44.5 Å². The number of ketones is 1. The Morgan fingerprint density at radius 2 is 2.06 bits per heavy atom. The molecule has 7 nitrogen and oxygen atoms in total. The summed E-state index contributed by atoms with van der Waals surface area (Å²) in [4.78, 5) is 37.0. The molecule has 0 spiro atoms. The van der Waals surface area contributed by atoms with E-state index >= 15 is 0 Å². The van der Waals surface area contributed by atoms with E-state index < -0.39 is 23.5 Å². The molecule has 1 aliphatic rings. The lowest BCUT2D eigenvalue weighted by atomic mass is 9.96. The van der Waals surface area contributed by atoms with Crippen molar-refractivity contribution in [2.45, 2.75) is 26.8 Å². The molecule has 4 rings (SSSR count). The van der Waals surface area contributed by atoms with Crippen molar-refractivity contribution in [2.24, 2.45) is 0 Å². The van der Waals surface area contributed by atoms with Crippen molar-refractivity contribution in [1.29, 1.82) is 0 Å². The zero-order valence-electron chi connectivity index (χ0n) is 17.3. The Balaban J connectivity index is 1.86. The Labute approximate surface area is 183 Å². The Kier molecular flexibility index (Phi) is 5.56. The normalized spacial score (nSPS) is 16.2. The number of rotatable bonds is 6. The van der Waals surface area contributed by atoms with Crippen LogP contribution < -0.4 is 9.64 Å². The van der Waals surface area contributed by atoms with E-state index in [4.69, 9.17) is 4.74 Å². The van der Waals surface area contributed by atoms with Gasteiger partial charge in [-0.3, -0.25) is 19.5 Å². The van der Waals surface area contributed by atoms with Crippen molar-refractivity contribution in [3.05, 3.63) is 81.3 Å². The van der Waals surface area contributed by atoms with Gasteiger partial charge in [0.15, 0.2) is 5.76 Å². The predicted molar refractivity (Wildman–Crippen MR) is 118 cm³/mol. The van der Waals surface area contributed by atoms with Gasteiger partial charge in [0.1, 0.15) is 5.75 Å². The molecule has 1 amide bonds. The molecule has 0 bridgehead atoms. The third-order valence-corrected chi connectivity index (χ3v) is 6.04. The van der Waals surface area contributed by atoms with Gasteiger partial charge >= 0.3 is 0 Å². The second kappa shape index (κ2) is 8.31. The minimum atomic E-state index is -0.826. The lowest BCUT2D eigenvalue weighted by Gasteiger charge is -2.27. The van der Waals surface area contributed by atoms with Crippen LogP contribution in [0.5, 0.6) is 5.75 Å². The van der Waals surface area contributed by atoms with Gasteiger partial charge in [-0.15, -0.1) is 11.3 Å². The molecule has 1 aliphatic heterocycles. The van der Waals surface area contributed by atoms with Crippen LogP contribution in [0.15, 0.2) is 60.1 Å². The number of carbonyl (C=O) groups is 2. The highest BCUT2D eigenvalue weighted by Gasteiger charge is 2.45. The summed E-state index contributed by atoms with van der Waals surface area (Å²) in [6.07, 6.45) is 3.20. The molecule has 1 unspecified atom stereocenters. The number of anilines is 1. The fourth-order valence-electron chi connectivity index (χ4n) is 3.71. The SMILES string of the molecule is CCOc1cccc(N2C(=O)C(O)=C(C(=O)c3sc(C)nc3C)C2c2cccnc2)c1. The summed E-state index contributed by atoms with van der Waals surface area (Å²) < 4.78 is 5.57. The first-order valence-electron chi connectivity index (χ1n) is 9.80. The van der Waals surface area contributed by atoms with Crippen LogP contribution in [0.1, 0.15) is 38.9 Å². The molecule has 3 heterocycles. The number of amides is 1. The third kappa shape index (κ3) is 3.70. The number of carbonyl (C=O) groups excluding carboxylic acids is 2. The van der Waals surface area contributed by atoms with Crippen molar-refractivity contribution in [3.8, 4) is 5.75 Å². The highest BCUT2D eigenvalue weighted by molar-refractivity contribution is 7.14. The fraction of sp³-hybridized carbons (Fsp3) is 0.217. The van der Waals surface area contributed by atoms with Gasteiger partial charge in [0, 0.05) is 24.1 Å². The molecule has 0 saturated carbocycles. The molecule has 2 aromatic heterocycles. The number of pyridine rings is 1. The Morgan fingerprint density at radius 1 is 1.26 bits per heavy atom. The smallest absolute Gasteiger partial charge is 0.294 e. The van der Waals surface area contributed by atoms with Crippen LogP contribution in [0.2, 0.25) is 0 Å². The van der Waals surface area contributed by atoms with Crippen molar-refractivity contribution < 1.29 is 19.4 Å². The van der Waals surface area contributed by atoms with E-state index in [1.165, 1.54) is 16.2 Å². The number of hydrogen-bond donors (Lipinski definition) is 1. The lowest BCUT2D eigenvalue weighted by Crippen LogP contribution is -2.31. The Morgan fingerprint density at radius 3 is 2.71 bits per heavy atom. The van der Waals surface area contributed by atoms with E-state index in [9.17, 15) is 14.7 Å².